The molecule has 9 nitrogen and oxygen atoms in total. The van der Waals surface area contributed by atoms with Crippen molar-refractivity contribution in [3.8, 4) is 17.2 Å². The standard InChI is InChI=1S/C22H22BrN3O6/c1-5-19-25-16-7-6-14(23)10-15(16)21(27)26(19)24-11-13-8-17(30-3)20(18(9-13)31-4)32-12(2)22(28)29/h6-12H,5H2,1-4H3,(H,28,29)/t12-/m1/s1. The first-order valence-corrected chi connectivity index (χ1v) is 10.5. The average molecular weight is 504 g/mol. The minimum absolute atomic E-state index is 0.158. The van der Waals surface area contributed by atoms with E-state index in [0.29, 0.717) is 28.7 Å². The molecule has 0 amide bonds. The topological polar surface area (TPSA) is 112 Å². The highest BCUT2D eigenvalue weighted by molar-refractivity contribution is 9.10. The van der Waals surface area contributed by atoms with Gasteiger partial charge in [-0.15, -0.1) is 0 Å². The first kappa shape index (κ1) is 23.3. The summed E-state index contributed by atoms with van der Waals surface area (Å²) >= 11 is 3.38. The van der Waals surface area contributed by atoms with Crippen molar-refractivity contribution in [2.24, 2.45) is 5.10 Å². The third-order valence-corrected chi connectivity index (χ3v) is 5.13. The van der Waals surface area contributed by atoms with Crippen LogP contribution in [-0.4, -0.2) is 47.3 Å². The lowest BCUT2D eigenvalue weighted by atomic mass is 10.2. The Morgan fingerprint density at radius 2 is 1.91 bits per heavy atom. The van der Waals surface area contributed by atoms with Crippen molar-refractivity contribution in [2.45, 2.75) is 26.4 Å². The Morgan fingerprint density at radius 1 is 1.25 bits per heavy atom. The van der Waals surface area contributed by atoms with Gasteiger partial charge in [0.1, 0.15) is 5.82 Å². The zero-order chi connectivity index (χ0) is 23.4. The fourth-order valence-electron chi connectivity index (χ4n) is 2.99. The summed E-state index contributed by atoms with van der Waals surface area (Å²) in [5, 5.41) is 13.9. The number of hydrogen-bond donors (Lipinski definition) is 1. The third-order valence-electron chi connectivity index (χ3n) is 4.64. The van der Waals surface area contributed by atoms with E-state index in [4.69, 9.17) is 19.3 Å². The van der Waals surface area contributed by atoms with Crippen molar-refractivity contribution in [2.75, 3.05) is 14.2 Å². The fraction of sp³-hybridized carbons (Fsp3) is 0.273. The molecule has 0 aliphatic carbocycles. The number of aliphatic carboxylic acids is 1. The van der Waals surface area contributed by atoms with E-state index in [1.807, 2.05) is 13.0 Å². The second-order valence-electron chi connectivity index (χ2n) is 6.76. The molecular formula is C22H22BrN3O6. The summed E-state index contributed by atoms with van der Waals surface area (Å²) in [6.45, 7) is 3.29. The molecule has 0 aliphatic heterocycles. The highest BCUT2D eigenvalue weighted by Gasteiger charge is 2.20. The second-order valence-corrected chi connectivity index (χ2v) is 7.67. The van der Waals surface area contributed by atoms with Crippen LogP contribution in [0.15, 0.2) is 44.7 Å². The number of aryl methyl sites for hydroxylation is 1. The SMILES string of the molecule is CCc1nc2ccc(Br)cc2c(=O)n1N=Cc1cc(OC)c(O[C@H](C)C(=O)O)c(OC)c1. The van der Waals surface area contributed by atoms with E-state index in [2.05, 4.69) is 26.0 Å². The molecule has 0 saturated carbocycles. The van der Waals surface area contributed by atoms with Gasteiger partial charge in [-0.3, -0.25) is 4.79 Å². The zero-order valence-electron chi connectivity index (χ0n) is 18.0. The maximum absolute atomic E-state index is 13.0. The Balaban J connectivity index is 2.08. The quantitative estimate of drug-likeness (QED) is 0.468. The summed E-state index contributed by atoms with van der Waals surface area (Å²) in [4.78, 5) is 28.7. The van der Waals surface area contributed by atoms with Crippen molar-refractivity contribution in [1.82, 2.24) is 9.66 Å². The highest BCUT2D eigenvalue weighted by atomic mass is 79.9. The number of halogens is 1. The Hall–Kier alpha value is -3.40. The number of carboxylic acid groups (broad SMARTS) is 1. The number of hydrogen-bond acceptors (Lipinski definition) is 7. The van der Waals surface area contributed by atoms with Gasteiger partial charge in [0, 0.05) is 16.5 Å². The molecule has 0 unspecified atom stereocenters. The van der Waals surface area contributed by atoms with Gasteiger partial charge >= 0.3 is 5.97 Å². The van der Waals surface area contributed by atoms with E-state index in [-0.39, 0.29) is 22.8 Å². The first-order chi connectivity index (χ1) is 15.3. The van der Waals surface area contributed by atoms with Crippen LogP contribution in [0.2, 0.25) is 0 Å². The molecule has 1 atom stereocenters. The molecule has 0 aliphatic rings. The minimum atomic E-state index is -1.12. The number of carbonyl (C=O) groups is 1. The van der Waals surface area contributed by atoms with Crippen molar-refractivity contribution in [1.29, 1.82) is 0 Å². The van der Waals surface area contributed by atoms with E-state index in [0.717, 1.165) is 4.47 Å². The van der Waals surface area contributed by atoms with Gasteiger partial charge in [0.05, 0.1) is 31.3 Å². The van der Waals surface area contributed by atoms with Crippen molar-refractivity contribution in [3.63, 3.8) is 0 Å². The maximum atomic E-state index is 13.0. The molecular weight excluding hydrogens is 482 g/mol. The molecule has 32 heavy (non-hydrogen) atoms. The van der Waals surface area contributed by atoms with Gasteiger partial charge < -0.3 is 19.3 Å². The molecule has 10 heteroatoms. The van der Waals surface area contributed by atoms with Crippen LogP contribution in [-0.2, 0) is 11.2 Å². The molecule has 1 heterocycles. The van der Waals surface area contributed by atoms with Crippen LogP contribution in [0.5, 0.6) is 17.2 Å². The number of benzene rings is 2. The molecule has 0 saturated heterocycles. The maximum Gasteiger partial charge on any atom is 0.344 e. The van der Waals surface area contributed by atoms with E-state index in [9.17, 15) is 9.59 Å². The van der Waals surface area contributed by atoms with Gasteiger partial charge in [-0.2, -0.15) is 9.78 Å². The normalized spacial score (nSPS) is 12.2. The Bertz CT molecular complexity index is 1230. The lowest BCUT2D eigenvalue weighted by Crippen LogP contribution is -2.23. The Kier molecular flexibility index (Phi) is 7.14. The summed E-state index contributed by atoms with van der Waals surface area (Å²) < 4.78 is 18.2. The second kappa shape index (κ2) is 9.82. The van der Waals surface area contributed by atoms with E-state index in [1.165, 1.54) is 32.0 Å². The minimum Gasteiger partial charge on any atom is -0.493 e. The van der Waals surface area contributed by atoms with E-state index in [1.54, 1.807) is 24.3 Å². The third kappa shape index (κ3) is 4.75. The largest absolute Gasteiger partial charge is 0.493 e. The van der Waals surface area contributed by atoms with Gasteiger partial charge in [0.2, 0.25) is 5.75 Å². The summed E-state index contributed by atoms with van der Waals surface area (Å²) in [6, 6.07) is 8.53. The van der Waals surface area contributed by atoms with Crippen molar-refractivity contribution < 1.29 is 24.1 Å². The van der Waals surface area contributed by atoms with Crippen LogP contribution < -0.4 is 19.8 Å². The number of rotatable bonds is 8. The number of aromatic nitrogens is 2. The number of methoxy groups -OCH3 is 2. The van der Waals surface area contributed by atoms with Crippen molar-refractivity contribution in [3.05, 3.63) is 56.5 Å². The number of carboxylic acids is 1. The molecule has 1 aromatic heterocycles. The number of ether oxygens (including phenoxy) is 3. The average Bonchev–Trinajstić information content (AvgIpc) is 2.78. The van der Waals surface area contributed by atoms with Crippen molar-refractivity contribution >= 4 is 39.0 Å². The monoisotopic (exact) mass is 503 g/mol. The van der Waals surface area contributed by atoms with Gasteiger partial charge in [0.25, 0.3) is 5.56 Å². The predicted molar refractivity (Wildman–Crippen MR) is 123 cm³/mol. The molecule has 3 aromatic rings. The zero-order valence-corrected chi connectivity index (χ0v) is 19.5. The van der Waals surface area contributed by atoms with Crippen LogP contribution in [0.4, 0.5) is 0 Å². The van der Waals surface area contributed by atoms with Gasteiger partial charge in [-0.25, -0.2) is 9.78 Å². The van der Waals surface area contributed by atoms with E-state index >= 15 is 0 Å². The van der Waals surface area contributed by atoms with Crippen LogP contribution >= 0.6 is 15.9 Å². The van der Waals surface area contributed by atoms with Crippen LogP contribution in [0.1, 0.15) is 25.2 Å². The predicted octanol–water partition coefficient (Wildman–Crippen LogP) is 3.47. The summed E-state index contributed by atoms with van der Waals surface area (Å²) in [5.41, 5.74) is 0.856. The molecule has 0 fully saturated rings. The molecule has 1 N–H and O–H groups in total. The lowest BCUT2D eigenvalue weighted by molar-refractivity contribution is -0.144. The fourth-order valence-corrected chi connectivity index (χ4v) is 3.35. The summed E-state index contributed by atoms with van der Waals surface area (Å²) in [5.74, 6) is 0.0765. The molecule has 3 rings (SSSR count). The Morgan fingerprint density at radius 3 is 2.47 bits per heavy atom. The molecule has 0 spiro atoms. The van der Waals surface area contributed by atoms with Crippen LogP contribution in [0.3, 0.4) is 0 Å². The Labute approximate surface area is 192 Å². The number of fused-ring (bicyclic) bond motifs is 1. The summed E-state index contributed by atoms with van der Waals surface area (Å²) in [7, 11) is 2.86. The van der Waals surface area contributed by atoms with Crippen LogP contribution in [0.25, 0.3) is 10.9 Å². The van der Waals surface area contributed by atoms with Crippen LogP contribution in [0, 0.1) is 0 Å². The summed E-state index contributed by atoms with van der Waals surface area (Å²) in [6.07, 6.45) is 0.873. The highest BCUT2D eigenvalue weighted by Crippen LogP contribution is 2.39. The van der Waals surface area contributed by atoms with Gasteiger partial charge in [-0.05, 0) is 37.3 Å². The van der Waals surface area contributed by atoms with E-state index < -0.39 is 12.1 Å². The molecule has 0 bridgehead atoms. The molecule has 0 radical (unpaired) electrons. The van der Waals surface area contributed by atoms with Gasteiger partial charge in [0.15, 0.2) is 17.6 Å². The lowest BCUT2D eigenvalue weighted by Gasteiger charge is -2.17. The van der Waals surface area contributed by atoms with Gasteiger partial charge in [-0.1, -0.05) is 22.9 Å². The first-order valence-electron chi connectivity index (χ1n) is 9.70. The smallest absolute Gasteiger partial charge is 0.344 e. The molecule has 168 valence electrons. The number of nitrogens with zero attached hydrogens (tertiary/aromatic N) is 3. The molecule has 2 aromatic carbocycles.